The Morgan fingerprint density at radius 3 is 2.44 bits per heavy atom. The second-order valence-electron chi connectivity index (χ2n) is 6.36. The molecule has 1 saturated heterocycles. The Bertz CT molecular complexity index is 841. The Morgan fingerprint density at radius 1 is 1.16 bits per heavy atom. The van der Waals surface area contributed by atoms with Crippen LogP contribution in [0.5, 0.6) is 0 Å². The average molecular weight is 356 g/mol. The smallest absolute Gasteiger partial charge is 0.319 e. The minimum Gasteiger partial charge on any atom is -0.319 e. The second-order valence-corrected chi connectivity index (χ2v) is 7.52. The fourth-order valence-electron chi connectivity index (χ4n) is 2.86. The van der Waals surface area contributed by atoms with Gasteiger partial charge in [0, 0.05) is 4.88 Å². The molecule has 1 fully saturated rings. The van der Waals surface area contributed by atoms with Gasteiger partial charge < -0.3 is 5.32 Å². The quantitative estimate of drug-likeness (QED) is 0.660. The van der Waals surface area contributed by atoms with Crippen LogP contribution in [0.1, 0.15) is 39.5 Å². The molecule has 0 bridgehead atoms. The fourth-order valence-corrected chi connectivity index (χ4v) is 3.74. The van der Waals surface area contributed by atoms with Gasteiger partial charge >= 0.3 is 6.03 Å². The van der Waals surface area contributed by atoms with E-state index < -0.39 is 17.5 Å². The Kier molecular flexibility index (Phi) is 4.47. The number of carbonyl (C=O) groups is 3. The summed E-state index contributed by atoms with van der Waals surface area (Å²) in [5, 5.41) is 2.73. The van der Waals surface area contributed by atoms with E-state index in [2.05, 4.69) is 5.32 Å². The first-order valence-corrected chi connectivity index (χ1v) is 9.00. The predicted molar refractivity (Wildman–Crippen MR) is 96.8 cm³/mol. The van der Waals surface area contributed by atoms with E-state index in [1.165, 1.54) is 11.3 Å². The Morgan fingerprint density at radius 2 is 1.84 bits per heavy atom. The molecule has 2 heterocycles. The number of Topliss-reactive ketones (excluding diaryl/α,β-unsaturated/α-hetero) is 1. The highest BCUT2D eigenvalue weighted by molar-refractivity contribution is 7.14. The molecule has 3 rings (SSSR count). The standard InChI is InChI=1S/C19H20N2O3S/c1-4-14-9-10-16(25-14)15(22)11-21-17(23)19(3,20-18(21)24)13-7-5-12(2)6-8-13/h5-10H,4,11H2,1-3H3,(H,20,24). The van der Waals surface area contributed by atoms with Crippen LogP contribution in [0.2, 0.25) is 0 Å². The summed E-state index contributed by atoms with van der Waals surface area (Å²) < 4.78 is 0. The summed E-state index contributed by atoms with van der Waals surface area (Å²) in [7, 11) is 0. The maximum Gasteiger partial charge on any atom is 0.325 e. The number of ketones is 1. The molecule has 130 valence electrons. The molecule has 0 aliphatic carbocycles. The molecule has 0 radical (unpaired) electrons. The number of benzene rings is 1. The Balaban J connectivity index is 1.81. The number of aryl methyl sites for hydroxylation is 2. The third kappa shape index (κ3) is 3.09. The van der Waals surface area contributed by atoms with Crippen molar-refractivity contribution in [2.75, 3.05) is 6.54 Å². The predicted octanol–water partition coefficient (Wildman–Crippen LogP) is 3.27. The number of nitrogens with one attached hydrogen (secondary N) is 1. The van der Waals surface area contributed by atoms with Gasteiger partial charge in [-0.2, -0.15) is 0 Å². The van der Waals surface area contributed by atoms with Crippen LogP contribution in [0.4, 0.5) is 4.79 Å². The van der Waals surface area contributed by atoms with Crippen LogP contribution < -0.4 is 5.32 Å². The van der Waals surface area contributed by atoms with E-state index >= 15 is 0 Å². The van der Waals surface area contributed by atoms with Crippen LogP contribution in [0.3, 0.4) is 0 Å². The summed E-state index contributed by atoms with van der Waals surface area (Å²) in [5.74, 6) is -0.622. The van der Waals surface area contributed by atoms with Crippen molar-refractivity contribution in [3.05, 3.63) is 57.3 Å². The maximum atomic E-state index is 12.8. The first-order valence-electron chi connectivity index (χ1n) is 8.18. The molecule has 1 aliphatic rings. The van der Waals surface area contributed by atoms with Crippen molar-refractivity contribution >= 4 is 29.1 Å². The fraction of sp³-hybridized carbons (Fsp3) is 0.316. The molecule has 0 spiro atoms. The zero-order chi connectivity index (χ0) is 18.2. The van der Waals surface area contributed by atoms with E-state index in [9.17, 15) is 14.4 Å². The third-order valence-electron chi connectivity index (χ3n) is 4.49. The molecule has 1 unspecified atom stereocenters. The molecule has 1 aromatic heterocycles. The lowest BCUT2D eigenvalue weighted by molar-refractivity contribution is -0.130. The number of rotatable bonds is 5. The summed E-state index contributed by atoms with van der Waals surface area (Å²) in [6, 6.07) is 10.6. The average Bonchev–Trinajstić information content (AvgIpc) is 3.15. The van der Waals surface area contributed by atoms with Gasteiger partial charge in [-0.1, -0.05) is 36.8 Å². The van der Waals surface area contributed by atoms with Gasteiger partial charge in [-0.3, -0.25) is 14.5 Å². The summed E-state index contributed by atoms with van der Waals surface area (Å²) >= 11 is 1.41. The number of nitrogens with zero attached hydrogens (tertiary/aromatic N) is 1. The van der Waals surface area contributed by atoms with Crippen molar-refractivity contribution < 1.29 is 14.4 Å². The first kappa shape index (κ1) is 17.4. The Hall–Kier alpha value is -2.47. The Labute approximate surface area is 150 Å². The molecule has 6 heteroatoms. The lowest BCUT2D eigenvalue weighted by Gasteiger charge is -2.22. The molecule has 3 amide bonds. The first-order chi connectivity index (χ1) is 11.8. The lowest BCUT2D eigenvalue weighted by Crippen LogP contribution is -2.41. The van der Waals surface area contributed by atoms with Gasteiger partial charge in [-0.05, 0) is 38.0 Å². The molecule has 1 aliphatic heterocycles. The van der Waals surface area contributed by atoms with Gasteiger partial charge in [0.1, 0.15) is 5.54 Å². The zero-order valence-corrected chi connectivity index (χ0v) is 15.3. The van der Waals surface area contributed by atoms with Crippen molar-refractivity contribution in [3.63, 3.8) is 0 Å². The van der Waals surface area contributed by atoms with Gasteiger partial charge in [0.05, 0.1) is 11.4 Å². The number of urea groups is 1. The molecule has 1 N–H and O–H groups in total. The highest BCUT2D eigenvalue weighted by Crippen LogP contribution is 2.29. The lowest BCUT2D eigenvalue weighted by atomic mass is 9.91. The van der Waals surface area contributed by atoms with Gasteiger partial charge in [0.25, 0.3) is 5.91 Å². The van der Waals surface area contributed by atoms with E-state index in [0.29, 0.717) is 10.4 Å². The van der Waals surface area contributed by atoms with Crippen LogP contribution in [-0.2, 0) is 16.8 Å². The summed E-state index contributed by atoms with van der Waals surface area (Å²) in [4.78, 5) is 40.3. The highest BCUT2D eigenvalue weighted by Gasteiger charge is 2.49. The van der Waals surface area contributed by atoms with Gasteiger partial charge in [-0.25, -0.2) is 4.79 Å². The summed E-state index contributed by atoms with van der Waals surface area (Å²) in [5.41, 5.74) is 0.631. The SMILES string of the molecule is CCc1ccc(C(=O)CN2C(=O)NC(C)(c3ccc(C)cc3)C2=O)s1. The topological polar surface area (TPSA) is 66.5 Å². The number of thiophene rings is 1. The monoisotopic (exact) mass is 356 g/mol. The van der Waals surface area contributed by atoms with Gasteiger partial charge in [0.15, 0.2) is 5.78 Å². The van der Waals surface area contributed by atoms with Crippen molar-refractivity contribution in [1.82, 2.24) is 10.2 Å². The van der Waals surface area contributed by atoms with Crippen molar-refractivity contribution in [1.29, 1.82) is 0 Å². The second kappa shape index (κ2) is 6.44. The van der Waals surface area contributed by atoms with Crippen molar-refractivity contribution in [2.45, 2.75) is 32.7 Å². The molecular formula is C19H20N2O3S. The minimum atomic E-state index is -1.14. The van der Waals surface area contributed by atoms with Gasteiger partial charge in [-0.15, -0.1) is 11.3 Å². The molecule has 1 atom stereocenters. The molecule has 25 heavy (non-hydrogen) atoms. The number of hydrogen-bond donors (Lipinski definition) is 1. The van der Waals surface area contributed by atoms with Crippen LogP contribution in [0.15, 0.2) is 36.4 Å². The van der Waals surface area contributed by atoms with E-state index in [4.69, 9.17) is 0 Å². The molecule has 1 aromatic carbocycles. The maximum absolute atomic E-state index is 12.8. The van der Waals surface area contributed by atoms with E-state index in [1.807, 2.05) is 44.2 Å². The number of imide groups is 1. The minimum absolute atomic E-state index is 0.221. The molecular weight excluding hydrogens is 336 g/mol. The number of amides is 3. The van der Waals surface area contributed by atoms with Crippen molar-refractivity contribution in [3.8, 4) is 0 Å². The third-order valence-corrected chi connectivity index (χ3v) is 5.76. The largest absolute Gasteiger partial charge is 0.325 e. The van der Waals surface area contributed by atoms with Crippen LogP contribution in [0.25, 0.3) is 0 Å². The van der Waals surface area contributed by atoms with Crippen LogP contribution >= 0.6 is 11.3 Å². The summed E-state index contributed by atoms with van der Waals surface area (Å²) in [6.07, 6.45) is 0.854. The number of carbonyl (C=O) groups excluding carboxylic acids is 3. The highest BCUT2D eigenvalue weighted by atomic mass is 32.1. The summed E-state index contributed by atoms with van der Waals surface area (Å²) in [6.45, 7) is 5.40. The van der Waals surface area contributed by atoms with Crippen LogP contribution in [0, 0.1) is 6.92 Å². The van der Waals surface area contributed by atoms with Crippen LogP contribution in [-0.4, -0.2) is 29.2 Å². The number of hydrogen-bond acceptors (Lipinski definition) is 4. The van der Waals surface area contributed by atoms with Gasteiger partial charge in [0.2, 0.25) is 0 Å². The normalized spacial score (nSPS) is 20.0. The molecule has 2 aromatic rings. The zero-order valence-electron chi connectivity index (χ0n) is 14.5. The van der Waals surface area contributed by atoms with E-state index in [0.717, 1.165) is 21.8 Å². The van der Waals surface area contributed by atoms with E-state index in [-0.39, 0.29) is 12.3 Å². The molecule has 0 saturated carbocycles. The van der Waals surface area contributed by atoms with Crippen molar-refractivity contribution in [2.24, 2.45) is 0 Å². The van der Waals surface area contributed by atoms with E-state index in [1.54, 1.807) is 13.0 Å². The molecule has 5 nitrogen and oxygen atoms in total.